The summed E-state index contributed by atoms with van der Waals surface area (Å²) in [5, 5.41) is 16.9. The number of carbonyl (C=O) groups is 1. The van der Waals surface area contributed by atoms with Crippen LogP contribution in [0.15, 0.2) is 12.3 Å². The third-order valence-corrected chi connectivity index (χ3v) is 3.40. The smallest absolute Gasteiger partial charge is 0.339 e. The van der Waals surface area contributed by atoms with Crippen molar-refractivity contribution in [3.63, 3.8) is 0 Å². The van der Waals surface area contributed by atoms with E-state index in [1.165, 1.54) is 12.3 Å². The Labute approximate surface area is 100 Å². The van der Waals surface area contributed by atoms with E-state index in [1.54, 1.807) is 0 Å². The van der Waals surface area contributed by atoms with E-state index in [4.69, 9.17) is 5.11 Å². The second-order valence-corrected chi connectivity index (χ2v) is 4.81. The van der Waals surface area contributed by atoms with Crippen molar-refractivity contribution in [3.05, 3.63) is 17.8 Å². The molecule has 2 heterocycles. The van der Waals surface area contributed by atoms with Gasteiger partial charge >= 0.3 is 5.97 Å². The molecule has 1 aliphatic heterocycles. The zero-order valence-corrected chi connectivity index (χ0v) is 10.1. The van der Waals surface area contributed by atoms with Gasteiger partial charge in [0.1, 0.15) is 5.56 Å². The fourth-order valence-electron chi connectivity index (χ4n) is 2.25. The average molecular weight is 235 g/mol. The van der Waals surface area contributed by atoms with Crippen molar-refractivity contribution in [2.45, 2.75) is 20.3 Å². The molecule has 5 heteroatoms. The van der Waals surface area contributed by atoms with Crippen LogP contribution in [0.2, 0.25) is 0 Å². The molecule has 1 atom stereocenters. The normalized spacial score (nSPS) is 19.9. The lowest BCUT2D eigenvalue weighted by atomic mass is 9.95. The zero-order valence-electron chi connectivity index (χ0n) is 10.1. The molecule has 1 N–H and O–H groups in total. The van der Waals surface area contributed by atoms with E-state index < -0.39 is 5.97 Å². The number of hydrogen-bond donors (Lipinski definition) is 1. The number of carboxylic acid groups (broad SMARTS) is 1. The van der Waals surface area contributed by atoms with Crippen LogP contribution in [0.3, 0.4) is 0 Å². The Morgan fingerprint density at radius 1 is 1.59 bits per heavy atom. The predicted molar refractivity (Wildman–Crippen MR) is 64.1 cm³/mol. The molecule has 1 fully saturated rings. The molecule has 1 unspecified atom stereocenters. The van der Waals surface area contributed by atoms with Crippen molar-refractivity contribution >= 4 is 11.8 Å². The van der Waals surface area contributed by atoms with Crippen molar-refractivity contribution in [1.82, 2.24) is 10.2 Å². The van der Waals surface area contributed by atoms with Gasteiger partial charge in [-0.1, -0.05) is 13.8 Å². The quantitative estimate of drug-likeness (QED) is 0.863. The molecule has 1 aromatic heterocycles. The molecule has 0 aliphatic carbocycles. The zero-order chi connectivity index (χ0) is 12.4. The Morgan fingerprint density at radius 2 is 2.35 bits per heavy atom. The third kappa shape index (κ3) is 2.38. The highest BCUT2D eigenvalue weighted by molar-refractivity contribution is 5.93. The lowest BCUT2D eigenvalue weighted by Crippen LogP contribution is -2.24. The van der Waals surface area contributed by atoms with Gasteiger partial charge in [0.25, 0.3) is 0 Å². The van der Waals surface area contributed by atoms with Crippen LogP contribution in [0.5, 0.6) is 0 Å². The van der Waals surface area contributed by atoms with Crippen molar-refractivity contribution in [2.24, 2.45) is 11.8 Å². The summed E-state index contributed by atoms with van der Waals surface area (Å²) in [6, 6.07) is 1.51. The van der Waals surface area contributed by atoms with Crippen LogP contribution in [0.4, 0.5) is 5.82 Å². The first-order valence-corrected chi connectivity index (χ1v) is 5.89. The summed E-state index contributed by atoms with van der Waals surface area (Å²) in [6.07, 6.45) is 2.51. The number of nitrogens with zero attached hydrogens (tertiary/aromatic N) is 3. The molecule has 92 valence electrons. The highest BCUT2D eigenvalue weighted by Gasteiger charge is 2.28. The van der Waals surface area contributed by atoms with Crippen LogP contribution in [-0.2, 0) is 0 Å². The van der Waals surface area contributed by atoms with Crippen LogP contribution < -0.4 is 4.90 Å². The Bertz CT molecular complexity index is 420. The van der Waals surface area contributed by atoms with Gasteiger partial charge in [0.2, 0.25) is 0 Å². The van der Waals surface area contributed by atoms with Gasteiger partial charge in [-0.2, -0.15) is 5.10 Å². The van der Waals surface area contributed by atoms with E-state index in [0.29, 0.717) is 17.7 Å². The van der Waals surface area contributed by atoms with Gasteiger partial charge in [0, 0.05) is 13.1 Å². The minimum Gasteiger partial charge on any atom is -0.478 e. The fraction of sp³-hybridized carbons (Fsp3) is 0.583. The molecule has 1 saturated heterocycles. The average Bonchev–Trinajstić information content (AvgIpc) is 2.78. The molecule has 0 saturated carbocycles. The summed E-state index contributed by atoms with van der Waals surface area (Å²) >= 11 is 0. The first-order chi connectivity index (χ1) is 8.09. The number of aromatic nitrogens is 2. The van der Waals surface area contributed by atoms with Gasteiger partial charge in [-0.25, -0.2) is 4.79 Å². The molecule has 0 aromatic carbocycles. The van der Waals surface area contributed by atoms with Gasteiger partial charge in [-0.3, -0.25) is 0 Å². The second-order valence-electron chi connectivity index (χ2n) is 4.81. The Kier molecular flexibility index (Phi) is 3.26. The number of carboxylic acids is 1. The summed E-state index contributed by atoms with van der Waals surface area (Å²) in [6.45, 7) is 6.13. The number of aromatic carboxylic acids is 1. The molecule has 0 radical (unpaired) electrons. The molecule has 1 aromatic rings. The Hall–Kier alpha value is -1.65. The van der Waals surface area contributed by atoms with E-state index in [-0.39, 0.29) is 5.56 Å². The summed E-state index contributed by atoms with van der Waals surface area (Å²) < 4.78 is 0. The second kappa shape index (κ2) is 4.69. The summed E-state index contributed by atoms with van der Waals surface area (Å²) in [4.78, 5) is 13.1. The van der Waals surface area contributed by atoms with Crippen LogP contribution in [-0.4, -0.2) is 34.4 Å². The van der Waals surface area contributed by atoms with E-state index in [1.807, 2.05) is 4.90 Å². The molecule has 0 spiro atoms. The maximum atomic E-state index is 11.1. The molecular formula is C12H17N3O2. The molecule has 17 heavy (non-hydrogen) atoms. The SMILES string of the molecule is CC(C)C1CCN(c2nnccc2C(=O)O)C1. The monoisotopic (exact) mass is 235 g/mol. The van der Waals surface area contributed by atoms with Crippen molar-refractivity contribution in [3.8, 4) is 0 Å². The lowest BCUT2D eigenvalue weighted by Gasteiger charge is -2.19. The van der Waals surface area contributed by atoms with E-state index in [2.05, 4.69) is 24.0 Å². The molecule has 2 rings (SSSR count). The molecule has 1 aliphatic rings. The van der Waals surface area contributed by atoms with Gasteiger partial charge in [-0.05, 0) is 24.3 Å². The summed E-state index contributed by atoms with van der Waals surface area (Å²) in [5.74, 6) is 0.787. The largest absolute Gasteiger partial charge is 0.478 e. The van der Waals surface area contributed by atoms with Crippen molar-refractivity contribution in [1.29, 1.82) is 0 Å². The van der Waals surface area contributed by atoms with Crippen LogP contribution in [0, 0.1) is 11.8 Å². The molecule has 5 nitrogen and oxygen atoms in total. The summed E-state index contributed by atoms with van der Waals surface area (Å²) in [5.41, 5.74) is 0.240. The molecule has 0 bridgehead atoms. The van der Waals surface area contributed by atoms with Gasteiger partial charge in [-0.15, -0.1) is 5.10 Å². The first kappa shape index (κ1) is 11.8. The number of rotatable bonds is 3. The summed E-state index contributed by atoms with van der Waals surface area (Å²) in [7, 11) is 0. The van der Waals surface area contributed by atoms with Crippen LogP contribution >= 0.6 is 0 Å². The Balaban J connectivity index is 2.21. The van der Waals surface area contributed by atoms with Crippen molar-refractivity contribution < 1.29 is 9.90 Å². The third-order valence-electron chi connectivity index (χ3n) is 3.40. The van der Waals surface area contributed by atoms with Gasteiger partial charge in [0.15, 0.2) is 5.82 Å². The van der Waals surface area contributed by atoms with E-state index in [0.717, 1.165) is 19.5 Å². The predicted octanol–water partition coefficient (Wildman–Crippen LogP) is 1.66. The lowest BCUT2D eigenvalue weighted by molar-refractivity contribution is 0.0697. The fourth-order valence-corrected chi connectivity index (χ4v) is 2.25. The highest BCUT2D eigenvalue weighted by Crippen LogP contribution is 2.28. The maximum absolute atomic E-state index is 11.1. The number of anilines is 1. The first-order valence-electron chi connectivity index (χ1n) is 5.89. The topological polar surface area (TPSA) is 66.3 Å². The minimum atomic E-state index is -0.942. The standard InChI is InChI=1S/C12H17N3O2/c1-8(2)9-4-6-15(7-9)11-10(12(16)17)3-5-13-14-11/h3,5,8-9H,4,6-7H2,1-2H3,(H,16,17). The molecule has 0 amide bonds. The van der Waals surface area contributed by atoms with E-state index in [9.17, 15) is 4.79 Å². The van der Waals surface area contributed by atoms with E-state index >= 15 is 0 Å². The van der Waals surface area contributed by atoms with Crippen molar-refractivity contribution in [2.75, 3.05) is 18.0 Å². The number of hydrogen-bond acceptors (Lipinski definition) is 4. The molecular weight excluding hydrogens is 218 g/mol. The van der Waals surface area contributed by atoms with Gasteiger partial charge in [0.05, 0.1) is 6.20 Å². The maximum Gasteiger partial charge on any atom is 0.339 e. The van der Waals surface area contributed by atoms with Crippen LogP contribution in [0.1, 0.15) is 30.6 Å². The highest BCUT2D eigenvalue weighted by atomic mass is 16.4. The Morgan fingerprint density at radius 3 is 2.94 bits per heavy atom. The van der Waals surface area contributed by atoms with Crippen LogP contribution in [0.25, 0.3) is 0 Å². The minimum absolute atomic E-state index is 0.240. The van der Waals surface area contributed by atoms with Gasteiger partial charge < -0.3 is 10.0 Å².